The van der Waals surface area contributed by atoms with Crippen LogP contribution in [0.3, 0.4) is 0 Å². The van der Waals surface area contributed by atoms with Gasteiger partial charge in [0.15, 0.2) is 0 Å². The van der Waals surface area contributed by atoms with Gasteiger partial charge in [0.2, 0.25) is 0 Å². The van der Waals surface area contributed by atoms with Gasteiger partial charge in [-0.1, -0.05) is 47.5 Å². The zero-order chi connectivity index (χ0) is 13.3. The average Bonchev–Trinajstić information content (AvgIpc) is 2.27. The molecule has 0 saturated carbocycles. The first kappa shape index (κ1) is 12.8. The van der Waals surface area contributed by atoms with E-state index in [-0.39, 0.29) is 0 Å². The summed E-state index contributed by atoms with van der Waals surface area (Å²) in [4.78, 5) is 0. The molecule has 2 rings (SSSR count). The molecule has 0 amide bonds. The fourth-order valence-electron chi connectivity index (χ4n) is 2.59. The first-order valence-corrected chi connectivity index (χ1v) is 6.31. The smallest absolute Gasteiger partial charge is 0.105 e. The van der Waals surface area contributed by atoms with Crippen LogP contribution in [0.25, 0.3) is 0 Å². The second-order valence-electron chi connectivity index (χ2n) is 5.13. The van der Waals surface area contributed by atoms with Gasteiger partial charge in [0.25, 0.3) is 0 Å². The van der Waals surface area contributed by atoms with Crippen LogP contribution in [-0.2, 0) is 0 Å². The summed E-state index contributed by atoms with van der Waals surface area (Å²) in [5.41, 5.74) is 6.67. The third kappa shape index (κ3) is 2.46. The van der Waals surface area contributed by atoms with E-state index in [1.807, 2.05) is 32.0 Å². The van der Waals surface area contributed by atoms with Crippen LogP contribution in [0.5, 0.6) is 0 Å². The molecule has 0 bridgehead atoms. The average molecular weight is 240 g/mol. The Labute approximate surface area is 109 Å². The van der Waals surface area contributed by atoms with Crippen LogP contribution < -0.4 is 0 Å². The normalized spacial score (nSPS) is 12.5. The van der Waals surface area contributed by atoms with Gasteiger partial charge in [-0.25, -0.2) is 0 Å². The lowest BCUT2D eigenvalue weighted by atomic mass is 9.92. The molecule has 94 valence electrons. The van der Waals surface area contributed by atoms with Gasteiger partial charge in [0.1, 0.15) is 6.10 Å². The lowest BCUT2D eigenvalue weighted by molar-refractivity contribution is 0.218. The van der Waals surface area contributed by atoms with E-state index in [2.05, 4.69) is 32.0 Å². The highest BCUT2D eigenvalue weighted by Crippen LogP contribution is 2.28. The predicted octanol–water partition coefficient (Wildman–Crippen LogP) is 4.00. The van der Waals surface area contributed by atoms with Crippen molar-refractivity contribution in [1.82, 2.24) is 0 Å². The highest BCUT2D eigenvalue weighted by Gasteiger charge is 2.15. The first-order chi connectivity index (χ1) is 8.49. The number of aliphatic hydroxyl groups is 1. The summed E-state index contributed by atoms with van der Waals surface area (Å²) in [6.45, 7) is 8.23. The Kier molecular flexibility index (Phi) is 3.53. The number of hydrogen-bond donors (Lipinski definition) is 1. The Morgan fingerprint density at radius 2 is 1.33 bits per heavy atom. The van der Waals surface area contributed by atoms with Crippen LogP contribution in [0.4, 0.5) is 0 Å². The highest BCUT2D eigenvalue weighted by molar-refractivity contribution is 5.42. The zero-order valence-corrected chi connectivity index (χ0v) is 11.5. The number of benzene rings is 2. The molecule has 1 atom stereocenters. The van der Waals surface area contributed by atoms with Gasteiger partial charge in [-0.2, -0.15) is 0 Å². The SMILES string of the molecule is Cc1cc(C)cc(C(O)c2c(C)cccc2C)c1. The van der Waals surface area contributed by atoms with Crippen molar-refractivity contribution in [3.63, 3.8) is 0 Å². The van der Waals surface area contributed by atoms with E-state index in [4.69, 9.17) is 0 Å². The van der Waals surface area contributed by atoms with Gasteiger partial charge in [0, 0.05) is 0 Å². The highest BCUT2D eigenvalue weighted by atomic mass is 16.3. The predicted molar refractivity (Wildman–Crippen MR) is 75.9 cm³/mol. The van der Waals surface area contributed by atoms with Crippen molar-refractivity contribution >= 4 is 0 Å². The van der Waals surface area contributed by atoms with E-state index in [0.717, 1.165) is 22.3 Å². The summed E-state index contributed by atoms with van der Waals surface area (Å²) < 4.78 is 0. The van der Waals surface area contributed by atoms with Gasteiger partial charge in [-0.3, -0.25) is 0 Å². The summed E-state index contributed by atoms with van der Waals surface area (Å²) in [6, 6.07) is 12.4. The molecule has 0 fully saturated rings. The molecule has 0 radical (unpaired) electrons. The maximum atomic E-state index is 10.6. The molecule has 0 spiro atoms. The molecule has 1 N–H and O–H groups in total. The molecule has 1 heteroatoms. The topological polar surface area (TPSA) is 20.2 Å². The van der Waals surface area contributed by atoms with Crippen LogP contribution in [0.15, 0.2) is 36.4 Å². The van der Waals surface area contributed by atoms with Crippen LogP contribution in [0.2, 0.25) is 0 Å². The Morgan fingerprint density at radius 3 is 1.83 bits per heavy atom. The summed E-state index contributed by atoms with van der Waals surface area (Å²) >= 11 is 0. The van der Waals surface area contributed by atoms with Gasteiger partial charge < -0.3 is 5.11 Å². The van der Waals surface area contributed by atoms with Crippen LogP contribution in [0.1, 0.15) is 39.5 Å². The van der Waals surface area contributed by atoms with Crippen LogP contribution >= 0.6 is 0 Å². The maximum absolute atomic E-state index is 10.6. The molecule has 0 aliphatic carbocycles. The third-order valence-electron chi connectivity index (χ3n) is 3.38. The summed E-state index contributed by atoms with van der Waals surface area (Å²) in [7, 11) is 0. The van der Waals surface area contributed by atoms with Crippen molar-refractivity contribution in [2.45, 2.75) is 33.8 Å². The number of hydrogen-bond acceptors (Lipinski definition) is 1. The number of aryl methyl sites for hydroxylation is 4. The molecule has 18 heavy (non-hydrogen) atoms. The lowest BCUT2D eigenvalue weighted by Gasteiger charge is -2.18. The molecule has 2 aromatic carbocycles. The molecular formula is C17H20O. The van der Waals surface area contributed by atoms with E-state index in [9.17, 15) is 5.11 Å². The molecule has 0 heterocycles. The Balaban J connectivity index is 2.51. The van der Waals surface area contributed by atoms with Gasteiger partial charge >= 0.3 is 0 Å². The minimum Gasteiger partial charge on any atom is -0.384 e. The molecule has 1 nitrogen and oxygen atoms in total. The summed E-state index contributed by atoms with van der Waals surface area (Å²) in [5.74, 6) is 0. The molecule has 0 aromatic heterocycles. The van der Waals surface area contributed by atoms with Gasteiger partial charge in [0.05, 0.1) is 0 Å². The van der Waals surface area contributed by atoms with Crippen molar-refractivity contribution in [3.05, 3.63) is 69.8 Å². The molecule has 0 aliphatic heterocycles. The third-order valence-corrected chi connectivity index (χ3v) is 3.38. The van der Waals surface area contributed by atoms with Gasteiger partial charge in [-0.05, 0) is 49.9 Å². The maximum Gasteiger partial charge on any atom is 0.105 e. The number of aliphatic hydroxyl groups excluding tert-OH is 1. The summed E-state index contributed by atoms with van der Waals surface area (Å²) in [5, 5.41) is 10.6. The molecule has 1 unspecified atom stereocenters. The fraction of sp³-hybridized carbons (Fsp3) is 0.294. The molecular weight excluding hydrogens is 220 g/mol. The minimum atomic E-state index is -0.537. The van der Waals surface area contributed by atoms with Crippen molar-refractivity contribution in [2.24, 2.45) is 0 Å². The van der Waals surface area contributed by atoms with E-state index < -0.39 is 6.10 Å². The monoisotopic (exact) mass is 240 g/mol. The van der Waals surface area contributed by atoms with Crippen molar-refractivity contribution < 1.29 is 5.11 Å². The fourth-order valence-corrected chi connectivity index (χ4v) is 2.59. The second kappa shape index (κ2) is 4.95. The molecule has 2 aromatic rings. The second-order valence-corrected chi connectivity index (χ2v) is 5.13. The number of rotatable bonds is 2. The minimum absolute atomic E-state index is 0.537. The molecule has 0 saturated heterocycles. The quantitative estimate of drug-likeness (QED) is 0.841. The molecule has 0 aliphatic rings. The van der Waals surface area contributed by atoms with Gasteiger partial charge in [-0.15, -0.1) is 0 Å². The lowest BCUT2D eigenvalue weighted by Crippen LogP contribution is -2.05. The standard InChI is InChI=1S/C17H20O/c1-11-8-12(2)10-15(9-11)17(18)16-13(3)6-5-7-14(16)4/h5-10,17-18H,1-4H3. The van der Waals surface area contributed by atoms with Crippen molar-refractivity contribution in [2.75, 3.05) is 0 Å². The van der Waals surface area contributed by atoms with Crippen molar-refractivity contribution in [3.8, 4) is 0 Å². The Hall–Kier alpha value is -1.60. The van der Waals surface area contributed by atoms with E-state index >= 15 is 0 Å². The summed E-state index contributed by atoms with van der Waals surface area (Å²) in [6.07, 6.45) is -0.537. The first-order valence-electron chi connectivity index (χ1n) is 6.31. The van der Waals surface area contributed by atoms with E-state index in [1.54, 1.807) is 0 Å². The largest absolute Gasteiger partial charge is 0.384 e. The van der Waals surface area contributed by atoms with Crippen LogP contribution in [-0.4, -0.2) is 5.11 Å². The Morgan fingerprint density at radius 1 is 0.833 bits per heavy atom. The van der Waals surface area contributed by atoms with Crippen molar-refractivity contribution in [1.29, 1.82) is 0 Å². The zero-order valence-electron chi connectivity index (χ0n) is 11.5. The van der Waals surface area contributed by atoms with E-state index in [0.29, 0.717) is 0 Å². The Bertz CT molecular complexity index is 529. The van der Waals surface area contributed by atoms with Crippen LogP contribution in [0, 0.1) is 27.7 Å². The van der Waals surface area contributed by atoms with E-state index in [1.165, 1.54) is 11.1 Å².